The van der Waals surface area contributed by atoms with Crippen molar-refractivity contribution in [2.45, 2.75) is 265 Å². The van der Waals surface area contributed by atoms with E-state index in [9.17, 15) is 84.1 Å². The van der Waals surface area contributed by atoms with Crippen molar-refractivity contribution < 1.29 is 91.3 Å². The van der Waals surface area contributed by atoms with Gasteiger partial charge >= 0.3 is 40.4 Å². The second-order valence-corrected chi connectivity index (χ2v) is 37.6. The molecule has 0 atom stereocenters. The van der Waals surface area contributed by atoms with E-state index in [-0.39, 0.29) is 143 Å². The van der Waals surface area contributed by atoms with Crippen molar-refractivity contribution in [1.29, 1.82) is 0 Å². The second kappa shape index (κ2) is 68.2. The van der Waals surface area contributed by atoms with E-state index in [0.29, 0.717) is 140 Å². The highest BCUT2D eigenvalue weighted by atomic mass is 127. The molecule has 5 aliphatic heterocycles. The van der Waals surface area contributed by atoms with Gasteiger partial charge in [0.1, 0.15) is 41.3 Å². The van der Waals surface area contributed by atoms with Crippen molar-refractivity contribution in [3.8, 4) is 0 Å². The van der Waals surface area contributed by atoms with Gasteiger partial charge in [-0.05, 0) is 209 Å². The number of nitro groups is 5. The predicted octanol–water partition coefficient (Wildman–Crippen LogP) is 19.4. The van der Waals surface area contributed by atoms with E-state index < -0.39 is 37.0 Å². The summed E-state index contributed by atoms with van der Waals surface area (Å²) in [6, 6.07) is 8.56. The van der Waals surface area contributed by atoms with Gasteiger partial charge in [0.05, 0.1) is 38.3 Å². The third-order valence-electron chi connectivity index (χ3n) is 21.3. The summed E-state index contributed by atoms with van der Waals surface area (Å²) in [6.07, 6.45) is 16.7. The van der Waals surface area contributed by atoms with Gasteiger partial charge in [-0.1, -0.05) is 118 Å². The number of methoxy groups -OCH3 is 1. The largest absolute Gasteiger partial charge is 0.469 e. The lowest BCUT2D eigenvalue weighted by atomic mass is 9.82. The number of rotatable bonds is 34. The van der Waals surface area contributed by atoms with Gasteiger partial charge in [-0.3, -0.25) is 84.1 Å². The van der Waals surface area contributed by atoms with Crippen LogP contribution in [0.1, 0.15) is 240 Å². The maximum atomic E-state index is 11.9. The number of halogens is 4. The minimum Gasteiger partial charge on any atom is -0.469 e. The molecule has 0 unspecified atom stereocenters. The third-order valence-corrected chi connectivity index (χ3v) is 22.4. The molecular formula is C95H149Br2ClIN15O24. The molecule has 5 saturated heterocycles. The van der Waals surface area contributed by atoms with Gasteiger partial charge in [0.25, 0.3) is 0 Å². The van der Waals surface area contributed by atoms with Crippen LogP contribution in [-0.4, -0.2) is 238 Å². The number of pyridine rings is 5. The number of aromatic nitrogens is 5. The lowest BCUT2D eigenvalue weighted by Gasteiger charge is -2.36. The molecule has 776 valence electrons. The lowest BCUT2D eigenvalue weighted by Crippen LogP contribution is -2.42. The van der Waals surface area contributed by atoms with Crippen LogP contribution in [-0.2, 0) is 78.6 Å². The zero-order valence-electron chi connectivity index (χ0n) is 82.5. The van der Waals surface area contributed by atoms with Crippen molar-refractivity contribution >= 4 is 159 Å². The van der Waals surface area contributed by atoms with Gasteiger partial charge in [0, 0.05) is 211 Å². The molecule has 5 aromatic heterocycles. The van der Waals surface area contributed by atoms with E-state index in [1.807, 2.05) is 28.6 Å². The summed E-state index contributed by atoms with van der Waals surface area (Å²) in [6.45, 7) is 46.3. The molecular weight excluding hydrogens is 2060 g/mol. The molecule has 1 N–H and O–H groups in total. The van der Waals surface area contributed by atoms with Crippen LogP contribution in [0.2, 0.25) is 5.15 Å². The van der Waals surface area contributed by atoms with Crippen molar-refractivity contribution in [3.63, 3.8) is 0 Å². The molecule has 5 aliphatic rings. The number of nitrogens with zero attached hydrogens (tertiary/aromatic N) is 14. The number of hydrogen-bond acceptors (Lipinski definition) is 34. The molecule has 0 spiro atoms. The van der Waals surface area contributed by atoms with Crippen LogP contribution in [0.15, 0.2) is 70.3 Å². The molecule has 5 aromatic rings. The Morgan fingerprint density at radius 3 is 1.08 bits per heavy atom. The molecule has 10 heterocycles. The van der Waals surface area contributed by atoms with Gasteiger partial charge in [-0.25, -0.2) is 24.9 Å². The Morgan fingerprint density at radius 1 is 0.471 bits per heavy atom. The van der Waals surface area contributed by atoms with Gasteiger partial charge in [0.2, 0.25) is 28.4 Å². The maximum absolute atomic E-state index is 11.9. The van der Waals surface area contributed by atoms with Crippen molar-refractivity contribution in [2.75, 3.05) is 137 Å². The van der Waals surface area contributed by atoms with E-state index >= 15 is 0 Å². The summed E-state index contributed by atoms with van der Waals surface area (Å²) < 4.78 is 36.7. The molecule has 0 bridgehead atoms. The smallest absolute Gasteiger partial charge is 0.313 e. The Hall–Kier alpha value is -9.02. The molecule has 138 heavy (non-hydrogen) atoms. The van der Waals surface area contributed by atoms with Crippen LogP contribution in [0.4, 0.5) is 51.7 Å². The van der Waals surface area contributed by atoms with Crippen LogP contribution in [0, 0.1) is 80.2 Å². The van der Waals surface area contributed by atoms with Crippen LogP contribution in [0.5, 0.6) is 0 Å². The zero-order chi connectivity index (χ0) is 103. The highest BCUT2D eigenvalue weighted by molar-refractivity contribution is 14.1. The standard InChI is InChI=1S/C19H27N3O5.C19H29N3O4.C17H25N3O4.C14H20BrN3O3.C9H19NO.C5H2BrClN2O2.C5H8O3.C4H8O2.CH3I.2CH4/c1-12(2)11-21(16-5-7-27-8-6-16)19-17(22(25)26)9-15(10-20-19)18(13(3)23)14(4)24;1-13(2)12-21(16-6-8-26-9-7-16)18-17(22(24)25)10-15(11-20-18)19(4,5)14(3)23;1-12(2)11-19(15-4-6-24-7-5-15)17-16(20(22)23)9-14(10-18-17)8-13(3)21;1-10(2)9-17(12-3-5-21-6-4-12)14-13(18(19)20)7-11(15)8-16-14;1-8(2)7-10-9-3-5-11-6-4-9;6-3-1-4(9(10)11)5(7)8-2-3;1-4(6)3-5(7)8-2;1-3-6-4(2)5;1-2;;/h9-10,12,16,18H,5-8,11H2,1-4H3;10-11,13,16H,6-9,12H2,1-5H3;9-10,12,15H,4-8,11H2,1-3H3;7-8,10,12H,3-6,9H2,1-2H3;8-10H,3-7H2,1-2H3;1-2H;3H2,1-2H3;3H2,1-2H3;1H3;2*1H4. The molecule has 43 heteroatoms. The van der Waals surface area contributed by atoms with Crippen LogP contribution in [0.25, 0.3) is 0 Å². The molecule has 5 fully saturated rings. The van der Waals surface area contributed by atoms with Crippen molar-refractivity contribution in [3.05, 3.63) is 143 Å². The summed E-state index contributed by atoms with van der Waals surface area (Å²) in [5.74, 6) is 1.01. The van der Waals surface area contributed by atoms with E-state index in [4.69, 9.17) is 35.3 Å². The van der Waals surface area contributed by atoms with E-state index in [0.717, 1.165) is 83.6 Å². The van der Waals surface area contributed by atoms with Gasteiger partial charge in [-0.15, -0.1) is 0 Å². The minimum atomic E-state index is -1.02. The Balaban J connectivity index is 0.00000161. The van der Waals surface area contributed by atoms with Crippen molar-refractivity contribution in [2.24, 2.45) is 29.6 Å². The first-order valence-corrected chi connectivity index (χ1v) is 49.6. The Bertz CT molecular complexity index is 4600. The first-order chi connectivity index (χ1) is 64.1. The van der Waals surface area contributed by atoms with Gasteiger partial charge < -0.3 is 58.1 Å². The molecule has 0 saturated carbocycles. The number of Topliss-reactive ketones (excluding diaryl/α,β-unsaturated/α-hetero) is 5. The number of carbonyl (C=O) groups excluding carboxylic acids is 7. The topological polar surface area (TPSA) is 489 Å². The monoisotopic (exact) mass is 2200 g/mol. The number of nitrogens with one attached hydrogen (secondary N) is 1. The predicted molar refractivity (Wildman–Crippen MR) is 551 cm³/mol. The summed E-state index contributed by atoms with van der Waals surface area (Å²) in [5, 5.41) is 60.1. The van der Waals surface area contributed by atoms with E-state index in [2.05, 4.69) is 159 Å². The fraction of sp³-hybridized carbons (Fsp3) is 0.663. The highest BCUT2D eigenvalue weighted by Gasteiger charge is 2.38. The first kappa shape index (κ1) is 129. The summed E-state index contributed by atoms with van der Waals surface area (Å²) in [5.41, 5.74) is 0.223. The number of hydrogen-bond donors (Lipinski definition) is 1. The summed E-state index contributed by atoms with van der Waals surface area (Å²) in [4.78, 5) is 163. The van der Waals surface area contributed by atoms with Crippen LogP contribution >= 0.6 is 66.1 Å². The molecule has 10 rings (SSSR count). The molecule has 0 aliphatic carbocycles. The van der Waals surface area contributed by atoms with Crippen molar-refractivity contribution in [1.82, 2.24) is 30.2 Å². The Kier molecular flexibility index (Phi) is 63.7. The fourth-order valence-electron chi connectivity index (χ4n) is 14.6. The average molecular weight is 2210 g/mol. The number of anilines is 4. The number of carbonyl (C=O) groups is 7. The fourth-order valence-corrected chi connectivity index (χ4v) is 15.4. The Labute approximate surface area is 848 Å². The summed E-state index contributed by atoms with van der Waals surface area (Å²) >= 11 is 13.9. The Morgan fingerprint density at radius 2 is 0.790 bits per heavy atom. The van der Waals surface area contributed by atoms with E-state index in [1.54, 1.807) is 39.4 Å². The summed E-state index contributed by atoms with van der Waals surface area (Å²) in [7, 11) is 1.26. The van der Waals surface area contributed by atoms with E-state index in [1.165, 1.54) is 104 Å². The normalized spacial score (nSPS) is 14.4. The maximum Gasteiger partial charge on any atom is 0.313 e. The van der Waals surface area contributed by atoms with Gasteiger partial charge in [0.15, 0.2) is 0 Å². The number of ketones is 5. The lowest BCUT2D eigenvalue weighted by molar-refractivity contribution is -0.385. The average Bonchev–Trinajstić information content (AvgIpc) is 0.784. The highest BCUT2D eigenvalue weighted by Crippen LogP contribution is 2.39. The van der Waals surface area contributed by atoms with Gasteiger partial charge in [-0.2, -0.15) is 0 Å². The third kappa shape index (κ3) is 47.5. The molecule has 0 aromatic carbocycles. The quantitative estimate of drug-likeness (QED) is 0.00760. The van der Waals surface area contributed by atoms with Crippen LogP contribution < -0.4 is 24.9 Å². The molecule has 0 amide bonds. The second-order valence-electron chi connectivity index (χ2n) is 35.5. The SMILES string of the molecule is C.C.CC(=O)C(C(C)=O)c1cnc(N(CC(C)C)C2CCOCC2)c([N+](=O)[O-])c1.CC(=O)C(C)(C)c1cnc(N(CC(C)C)C2CCOCC2)c([N+](=O)[O-])c1.CC(=O)Cc1cnc(N(CC(C)C)C2CCOCC2)c([N+](=O)[O-])c1.CC(C)CN(c1ncc(Br)cc1[N+](=O)[O-])C1CCOCC1.CC(C)CNC1CCOCC1.CCOC(C)=O.CI.COC(=O)CC(C)=O.O=[N+]([O-])c1cc(Br)cnc1Cl. The molecule has 0 radical (unpaired) electrons. The number of esters is 2. The zero-order valence-corrected chi connectivity index (χ0v) is 88.6. The number of alkyl halides is 1. The minimum absolute atomic E-state index is 0. The number of ether oxygens (including phenoxy) is 7. The molecule has 39 nitrogen and oxygen atoms in total. The first-order valence-electron chi connectivity index (χ1n) is 45.5. The van der Waals surface area contributed by atoms with Crippen LogP contribution in [0.3, 0.4) is 0 Å².